The zero-order chi connectivity index (χ0) is 9.84. The summed E-state index contributed by atoms with van der Waals surface area (Å²) in [6, 6.07) is 5.92. The third-order valence-corrected chi connectivity index (χ3v) is 1.62. The van der Waals surface area contributed by atoms with Crippen LogP contribution in [0.25, 0.3) is 0 Å². The standard InChI is InChI=1S/C8H8N2O3/c1-6(9-11)7-3-2-4-8(5-7)10(12)13/h2-5,11H,1H3/b9-6-. The molecule has 0 aromatic heterocycles. The summed E-state index contributed by atoms with van der Waals surface area (Å²) < 4.78 is 0. The predicted octanol–water partition coefficient (Wildman–Crippen LogP) is 1.79. The van der Waals surface area contributed by atoms with E-state index < -0.39 is 4.92 Å². The summed E-state index contributed by atoms with van der Waals surface area (Å²) in [5.74, 6) is 0. The normalized spacial score (nSPS) is 11.3. The minimum absolute atomic E-state index is 0.0134. The van der Waals surface area contributed by atoms with E-state index in [9.17, 15) is 10.1 Å². The van der Waals surface area contributed by atoms with Crippen LogP contribution < -0.4 is 0 Å². The Morgan fingerprint density at radius 1 is 1.62 bits per heavy atom. The first-order chi connectivity index (χ1) is 6.15. The lowest BCUT2D eigenvalue weighted by Gasteiger charge is -1.97. The van der Waals surface area contributed by atoms with Crippen molar-refractivity contribution >= 4 is 11.4 Å². The van der Waals surface area contributed by atoms with Crippen LogP contribution in [0.2, 0.25) is 0 Å². The van der Waals surface area contributed by atoms with E-state index in [1.165, 1.54) is 12.1 Å². The van der Waals surface area contributed by atoms with E-state index in [0.717, 1.165) is 0 Å². The fourth-order valence-corrected chi connectivity index (χ4v) is 0.902. The number of nitro groups is 1. The first kappa shape index (κ1) is 9.18. The van der Waals surface area contributed by atoms with Crippen molar-refractivity contribution < 1.29 is 10.1 Å². The summed E-state index contributed by atoms with van der Waals surface area (Å²) >= 11 is 0. The number of nitro benzene ring substituents is 1. The third kappa shape index (κ3) is 2.02. The van der Waals surface area contributed by atoms with Gasteiger partial charge in [0.15, 0.2) is 0 Å². The zero-order valence-corrected chi connectivity index (χ0v) is 6.97. The smallest absolute Gasteiger partial charge is 0.270 e. The summed E-state index contributed by atoms with van der Waals surface area (Å²) in [4.78, 5) is 9.88. The van der Waals surface area contributed by atoms with E-state index in [1.807, 2.05) is 0 Å². The Labute approximate surface area is 74.5 Å². The van der Waals surface area contributed by atoms with Gasteiger partial charge in [-0.3, -0.25) is 10.1 Å². The highest BCUT2D eigenvalue weighted by Crippen LogP contribution is 2.13. The monoisotopic (exact) mass is 180 g/mol. The minimum Gasteiger partial charge on any atom is -0.411 e. The van der Waals surface area contributed by atoms with Crippen molar-refractivity contribution in [2.75, 3.05) is 0 Å². The lowest BCUT2D eigenvalue weighted by Crippen LogP contribution is -1.96. The highest BCUT2D eigenvalue weighted by atomic mass is 16.6. The van der Waals surface area contributed by atoms with Gasteiger partial charge < -0.3 is 5.21 Å². The van der Waals surface area contributed by atoms with Crippen LogP contribution in [-0.2, 0) is 0 Å². The summed E-state index contributed by atoms with van der Waals surface area (Å²) in [6.07, 6.45) is 0. The predicted molar refractivity (Wildman–Crippen MR) is 47.1 cm³/mol. The zero-order valence-electron chi connectivity index (χ0n) is 6.97. The van der Waals surface area contributed by atoms with Gasteiger partial charge in [-0.1, -0.05) is 17.3 Å². The Morgan fingerprint density at radius 3 is 2.85 bits per heavy atom. The fraction of sp³-hybridized carbons (Fsp3) is 0.125. The van der Waals surface area contributed by atoms with Crippen LogP contribution in [-0.4, -0.2) is 15.8 Å². The van der Waals surface area contributed by atoms with Crippen LogP contribution in [0.1, 0.15) is 12.5 Å². The summed E-state index contributed by atoms with van der Waals surface area (Å²) in [5, 5.41) is 21.8. The topological polar surface area (TPSA) is 75.7 Å². The van der Waals surface area contributed by atoms with Crippen molar-refractivity contribution in [1.29, 1.82) is 0 Å². The molecule has 1 rings (SSSR count). The van der Waals surface area contributed by atoms with Gasteiger partial charge >= 0.3 is 0 Å². The average molecular weight is 180 g/mol. The Kier molecular flexibility index (Phi) is 2.59. The van der Waals surface area contributed by atoms with E-state index in [-0.39, 0.29) is 5.69 Å². The summed E-state index contributed by atoms with van der Waals surface area (Å²) in [6.45, 7) is 1.57. The summed E-state index contributed by atoms with van der Waals surface area (Å²) in [5.41, 5.74) is 0.876. The molecule has 0 aliphatic heterocycles. The van der Waals surface area contributed by atoms with Crippen LogP contribution in [0, 0.1) is 10.1 Å². The van der Waals surface area contributed by atoms with Gasteiger partial charge in [-0.2, -0.15) is 0 Å². The summed E-state index contributed by atoms with van der Waals surface area (Å²) in [7, 11) is 0. The first-order valence-electron chi connectivity index (χ1n) is 3.58. The van der Waals surface area contributed by atoms with E-state index in [1.54, 1.807) is 19.1 Å². The van der Waals surface area contributed by atoms with E-state index in [4.69, 9.17) is 5.21 Å². The number of non-ortho nitro benzene ring substituents is 1. The molecule has 0 heterocycles. The fourth-order valence-electron chi connectivity index (χ4n) is 0.902. The highest BCUT2D eigenvalue weighted by molar-refractivity contribution is 5.98. The molecule has 0 radical (unpaired) electrons. The number of oxime groups is 1. The van der Waals surface area contributed by atoms with E-state index >= 15 is 0 Å². The van der Waals surface area contributed by atoms with Gasteiger partial charge in [-0.25, -0.2) is 0 Å². The van der Waals surface area contributed by atoms with Crippen molar-refractivity contribution in [3.8, 4) is 0 Å². The molecule has 0 aliphatic rings. The molecule has 0 aliphatic carbocycles. The molecule has 5 nitrogen and oxygen atoms in total. The molecule has 0 spiro atoms. The largest absolute Gasteiger partial charge is 0.411 e. The molecule has 0 fully saturated rings. The maximum absolute atomic E-state index is 10.4. The number of hydrogen-bond acceptors (Lipinski definition) is 4. The van der Waals surface area contributed by atoms with E-state index in [0.29, 0.717) is 11.3 Å². The first-order valence-corrected chi connectivity index (χ1v) is 3.58. The molecular formula is C8H8N2O3. The van der Waals surface area contributed by atoms with Gasteiger partial charge in [-0.05, 0) is 6.92 Å². The minimum atomic E-state index is -0.492. The maximum Gasteiger partial charge on any atom is 0.270 e. The molecule has 13 heavy (non-hydrogen) atoms. The molecule has 0 amide bonds. The molecule has 1 N–H and O–H groups in total. The van der Waals surface area contributed by atoms with Crippen molar-refractivity contribution in [2.24, 2.45) is 5.16 Å². The van der Waals surface area contributed by atoms with Crippen molar-refractivity contribution in [2.45, 2.75) is 6.92 Å². The number of hydrogen-bond donors (Lipinski definition) is 1. The molecule has 0 saturated heterocycles. The molecule has 0 saturated carbocycles. The second kappa shape index (κ2) is 3.66. The maximum atomic E-state index is 10.4. The van der Waals surface area contributed by atoms with E-state index in [2.05, 4.69) is 5.16 Å². The van der Waals surface area contributed by atoms with Gasteiger partial charge in [0.2, 0.25) is 0 Å². The van der Waals surface area contributed by atoms with Gasteiger partial charge in [0.25, 0.3) is 5.69 Å². The number of rotatable bonds is 2. The number of benzene rings is 1. The van der Waals surface area contributed by atoms with Crippen LogP contribution in [0.5, 0.6) is 0 Å². The molecule has 0 atom stereocenters. The van der Waals surface area contributed by atoms with Gasteiger partial charge in [0, 0.05) is 17.7 Å². The number of nitrogens with zero attached hydrogens (tertiary/aromatic N) is 2. The van der Waals surface area contributed by atoms with Crippen LogP contribution in [0.3, 0.4) is 0 Å². The van der Waals surface area contributed by atoms with Gasteiger partial charge in [0.05, 0.1) is 10.6 Å². The van der Waals surface area contributed by atoms with Crippen molar-refractivity contribution in [3.05, 3.63) is 39.9 Å². The second-order valence-corrected chi connectivity index (χ2v) is 2.49. The van der Waals surface area contributed by atoms with Crippen molar-refractivity contribution in [3.63, 3.8) is 0 Å². The molecule has 1 aromatic rings. The third-order valence-electron chi connectivity index (χ3n) is 1.62. The average Bonchev–Trinajstić information content (AvgIpc) is 2.17. The van der Waals surface area contributed by atoms with Crippen LogP contribution in [0.15, 0.2) is 29.4 Å². The Morgan fingerprint density at radius 2 is 2.31 bits per heavy atom. The Bertz CT molecular complexity index is 360. The molecule has 68 valence electrons. The van der Waals surface area contributed by atoms with Crippen molar-refractivity contribution in [1.82, 2.24) is 0 Å². The molecule has 0 bridgehead atoms. The SMILES string of the molecule is C/C(=N/O)c1cccc([N+](=O)[O-])c1. The lowest BCUT2D eigenvalue weighted by molar-refractivity contribution is -0.384. The Balaban J connectivity index is 3.13. The quantitative estimate of drug-likeness (QED) is 0.326. The molecule has 5 heteroatoms. The lowest BCUT2D eigenvalue weighted by atomic mass is 10.1. The molecule has 0 unspecified atom stereocenters. The molecule has 1 aromatic carbocycles. The Hall–Kier alpha value is -1.91. The molecular weight excluding hydrogens is 172 g/mol. The highest BCUT2D eigenvalue weighted by Gasteiger charge is 2.06. The van der Waals surface area contributed by atoms with Crippen LogP contribution in [0.4, 0.5) is 5.69 Å². The van der Waals surface area contributed by atoms with Gasteiger partial charge in [-0.15, -0.1) is 0 Å². The second-order valence-electron chi connectivity index (χ2n) is 2.49. The van der Waals surface area contributed by atoms with Gasteiger partial charge in [0.1, 0.15) is 0 Å². The van der Waals surface area contributed by atoms with Crippen LogP contribution >= 0.6 is 0 Å².